The van der Waals surface area contributed by atoms with Gasteiger partial charge in [0.1, 0.15) is 5.82 Å². The number of hydrogen-bond acceptors (Lipinski definition) is 5. The van der Waals surface area contributed by atoms with Gasteiger partial charge in [0.05, 0.1) is 10.9 Å². The third-order valence-corrected chi connectivity index (χ3v) is 9.71. The SMILES string of the molecule is Cc1ccc(S(=O)(=O)SC2CCCN(C(C(=O)C3CC3)c3ccccc3F)C2)cc1. The molecule has 160 valence electrons. The summed E-state index contributed by atoms with van der Waals surface area (Å²) in [6.45, 7) is 3.04. The predicted molar refractivity (Wildman–Crippen MR) is 117 cm³/mol. The number of rotatable bonds is 7. The molecular formula is C23H26FNO3S2. The number of piperidine rings is 1. The topological polar surface area (TPSA) is 54.5 Å². The van der Waals surface area contributed by atoms with Gasteiger partial charge in [0.15, 0.2) is 5.78 Å². The number of halogens is 1. The van der Waals surface area contributed by atoms with Crippen molar-refractivity contribution in [3.63, 3.8) is 0 Å². The Kier molecular flexibility index (Phi) is 6.32. The minimum absolute atomic E-state index is 0.000994. The molecule has 0 amide bonds. The summed E-state index contributed by atoms with van der Waals surface area (Å²) in [4.78, 5) is 15.4. The summed E-state index contributed by atoms with van der Waals surface area (Å²) in [5.74, 6) is -0.315. The number of hydrogen-bond donors (Lipinski definition) is 0. The third-order valence-electron chi connectivity index (χ3n) is 5.80. The summed E-state index contributed by atoms with van der Waals surface area (Å²) < 4.78 is 40.3. The number of Topliss-reactive ketones (excluding diaryl/α,β-unsaturated/α-hetero) is 1. The molecule has 0 N–H and O–H groups in total. The smallest absolute Gasteiger partial charge is 0.230 e. The van der Waals surface area contributed by atoms with Gasteiger partial charge >= 0.3 is 0 Å². The van der Waals surface area contributed by atoms with Gasteiger partial charge in [-0.2, -0.15) is 0 Å². The number of likely N-dealkylation sites (tertiary alicyclic amines) is 1. The highest BCUT2D eigenvalue weighted by atomic mass is 33.1. The lowest BCUT2D eigenvalue weighted by Gasteiger charge is -2.37. The van der Waals surface area contributed by atoms with E-state index in [0.717, 1.165) is 42.0 Å². The van der Waals surface area contributed by atoms with E-state index in [1.165, 1.54) is 6.07 Å². The van der Waals surface area contributed by atoms with Gasteiger partial charge in [0.2, 0.25) is 8.87 Å². The number of benzene rings is 2. The summed E-state index contributed by atoms with van der Waals surface area (Å²) in [5, 5.41) is -0.161. The molecule has 1 aliphatic heterocycles. The van der Waals surface area contributed by atoms with Gasteiger partial charge < -0.3 is 0 Å². The van der Waals surface area contributed by atoms with Crippen LogP contribution in [-0.2, 0) is 13.7 Å². The molecule has 7 heteroatoms. The van der Waals surface area contributed by atoms with E-state index >= 15 is 0 Å². The van der Waals surface area contributed by atoms with E-state index in [4.69, 9.17) is 0 Å². The fourth-order valence-electron chi connectivity index (χ4n) is 4.04. The lowest BCUT2D eigenvalue weighted by atomic mass is 9.95. The van der Waals surface area contributed by atoms with Crippen LogP contribution in [0.3, 0.4) is 0 Å². The molecule has 1 aliphatic carbocycles. The second-order valence-electron chi connectivity index (χ2n) is 8.22. The molecule has 0 radical (unpaired) electrons. The van der Waals surface area contributed by atoms with Crippen LogP contribution in [0.15, 0.2) is 53.4 Å². The van der Waals surface area contributed by atoms with Crippen molar-refractivity contribution >= 4 is 25.4 Å². The van der Waals surface area contributed by atoms with Crippen molar-refractivity contribution in [2.24, 2.45) is 5.92 Å². The molecule has 0 bridgehead atoms. The van der Waals surface area contributed by atoms with E-state index in [-0.39, 0.29) is 22.8 Å². The van der Waals surface area contributed by atoms with Crippen LogP contribution >= 0.6 is 10.8 Å². The molecule has 2 atom stereocenters. The van der Waals surface area contributed by atoms with E-state index in [1.54, 1.807) is 42.5 Å². The summed E-state index contributed by atoms with van der Waals surface area (Å²) in [7, 11) is -2.53. The van der Waals surface area contributed by atoms with Crippen LogP contribution in [-0.4, -0.2) is 37.4 Å². The molecular weight excluding hydrogens is 421 g/mol. The fraction of sp³-hybridized carbons (Fsp3) is 0.435. The molecule has 2 unspecified atom stereocenters. The average molecular weight is 448 g/mol. The largest absolute Gasteiger partial charge is 0.297 e. The first-order valence-electron chi connectivity index (χ1n) is 10.4. The highest BCUT2D eigenvalue weighted by Crippen LogP contribution is 2.40. The van der Waals surface area contributed by atoms with E-state index < -0.39 is 14.9 Å². The molecule has 4 rings (SSSR count). The Bertz CT molecular complexity index is 1020. The maximum atomic E-state index is 14.6. The van der Waals surface area contributed by atoms with Crippen molar-refractivity contribution in [3.8, 4) is 0 Å². The van der Waals surface area contributed by atoms with Gasteiger partial charge in [0, 0.05) is 23.3 Å². The van der Waals surface area contributed by atoms with Crippen molar-refractivity contribution in [2.75, 3.05) is 13.1 Å². The Balaban J connectivity index is 1.54. The summed E-state index contributed by atoms with van der Waals surface area (Å²) >= 11 is 0. The normalized spacial score (nSPS) is 21.3. The Morgan fingerprint density at radius 2 is 1.80 bits per heavy atom. The lowest BCUT2D eigenvalue weighted by molar-refractivity contribution is -0.126. The van der Waals surface area contributed by atoms with Crippen LogP contribution in [0.2, 0.25) is 0 Å². The molecule has 2 aliphatic rings. The van der Waals surface area contributed by atoms with Crippen LogP contribution in [0.4, 0.5) is 4.39 Å². The number of carbonyl (C=O) groups is 1. The maximum Gasteiger partial charge on any atom is 0.230 e. The summed E-state index contributed by atoms with van der Waals surface area (Å²) in [6.07, 6.45) is 3.26. The highest BCUT2D eigenvalue weighted by molar-refractivity contribution is 8.72. The minimum atomic E-state index is -3.49. The first-order chi connectivity index (χ1) is 14.3. The number of carbonyl (C=O) groups excluding carboxylic acids is 1. The molecule has 2 fully saturated rings. The average Bonchev–Trinajstić information content (AvgIpc) is 3.55. The monoisotopic (exact) mass is 447 g/mol. The van der Waals surface area contributed by atoms with Crippen molar-refractivity contribution in [1.82, 2.24) is 4.90 Å². The number of ketones is 1. The van der Waals surface area contributed by atoms with Crippen molar-refractivity contribution in [3.05, 3.63) is 65.5 Å². The first-order valence-corrected chi connectivity index (χ1v) is 13.3. The number of nitrogens with zero attached hydrogens (tertiary/aromatic N) is 1. The first kappa shape index (κ1) is 21.5. The van der Waals surface area contributed by atoms with Crippen molar-refractivity contribution < 1.29 is 17.6 Å². The quantitative estimate of drug-likeness (QED) is 0.574. The van der Waals surface area contributed by atoms with Gasteiger partial charge in [0.25, 0.3) is 0 Å². The molecule has 4 nitrogen and oxygen atoms in total. The molecule has 0 spiro atoms. The summed E-state index contributed by atoms with van der Waals surface area (Å²) in [5.41, 5.74) is 1.41. The molecule has 2 aromatic rings. The summed E-state index contributed by atoms with van der Waals surface area (Å²) in [6, 6.07) is 12.7. The second kappa shape index (κ2) is 8.81. The Labute approximate surface area is 181 Å². The van der Waals surface area contributed by atoms with Crippen LogP contribution in [0.25, 0.3) is 0 Å². The Hall–Kier alpha value is -1.70. The Morgan fingerprint density at radius 1 is 1.10 bits per heavy atom. The third kappa shape index (κ3) is 4.79. The zero-order valence-electron chi connectivity index (χ0n) is 17.0. The van der Waals surface area contributed by atoms with E-state index in [2.05, 4.69) is 0 Å². The lowest BCUT2D eigenvalue weighted by Crippen LogP contribution is -2.43. The second-order valence-corrected chi connectivity index (χ2v) is 12.4. The molecule has 30 heavy (non-hydrogen) atoms. The fourth-order valence-corrected chi connectivity index (χ4v) is 7.70. The standard InChI is InChI=1S/C23H26FNO3S2/c1-16-8-12-19(13-9-16)30(27,28)29-18-5-4-14-25(15-18)22(23(26)17-10-11-17)20-6-2-3-7-21(20)24/h2-3,6-9,12-13,17-18,22H,4-5,10-11,14-15H2,1H3. The van der Waals surface area contributed by atoms with Crippen LogP contribution < -0.4 is 0 Å². The number of aryl methyl sites for hydroxylation is 1. The molecule has 1 saturated carbocycles. The minimum Gasteiger partial charge on any atom is -0.297 e. The van der Waals surface area contributed by atoms with E-state index in [0.29, 0.717) is 23.5 Å². The molecule has 1 heterocycles. The molecule has 1 saturated heterocycles. The van der Waals surface area contributed by atoms with Gasteiger partial charge in [-0.25, -0.2) is 12.8 Å². The van der Waals surface area contributed by atoms with Gasteiger partial charge in [-0.05, 0) is 68.1 Å². The van der Waals surface area contributed by atoms with Crippen molar-refractivity contribution in [1.29, 1.82) is 0 Å². The zero-order valence-corrected chi connectivity index (χ0v) is 18.6. The maximum absolute atomic E-state index is 14.6. The van der Waals surface area contributed by atoms with Gasteiger partial charge in [-0.15, -0.1) is 0 Å². The predicted octanol–water partition coefficient (Wildman–Crippen LogP) is 4.74. The molecule has 0 aromatic heterocycles. The van der Waals surface area contributed by atoms with Crippen LogP contribution in [0, 0.1) is 18.7 Å². The molecule has 2 aromatic carbocycles. The van der Waals surface area contributed by atoms with E-state index in [9.17, 15) is 17.6 Å². The van der Waals surface area contributed by atoms with Crippen LogP contribution in [0.1, 0.15) is 42.9 Å². The van der Waals surface area contributed by atoms with Gasteiger partial charge in [-0.1, -0.05) is 35.9 Å². The van der Waals surface area contributed by atoms with Crippen LogP contribution in [0.5, 0.6) is 0 Å². The van der Waals surface area contributed by atoms with Gasteiger partial charge in [-0.3, -0.25) is 9.69 Å². The van der Waals surface area contributed by atoms with Crippen molar-refractivity contribution in [2.45, 2.75) is 48.8 Å². The van der Waals surface area contributed by atoms with E-state index in [1.807, 2.05) is 11.8 Å². The zero-order chi connectivity index (χ0) is 21.3. The Morgan fingerprint density at radius 3 is 2.47 bits per heavy atom. The highest BCUT2D eigenvalue weighted by Gasteiger charge is 2.41.